The van der Waals surface area contributed by atoms with E-state index in [1.54, 1.807) is 6.92 Å². The highest BCUT2D eigenvalue weighted by atomic mass is 19.4. The van der Waals surface area contributed by atoms with Crippen LogP contribution in [-0.4, -0.2) is 20.6 Å². The minimum absolute atomic E-state index is 0.128. The monoisotopic (exact) mass is 284 g/mol. The first-order valence-electron chi connectivity index (χ1n) is 5.81. The molecule has 1 aromatic carbocycles. The van der Waals surface area contributed by atoms with Crippen LogP contribution in [0, 0.1) is 0 Å². The number of nitrogens with zero attached hydrogens (tertiary/aromatic N) is 2. The van der Waals surface area contributed by atoms with Gasteiger partial charge in [0.25, 0.3) is 0 Å². The summed E-state index contributed by atoms with van der Waals surface area (Å²) in [5.41, 5.74) is -1.53. The molecule has 0 aliphatic carbocycles. The molecule has 106 valence electrons. The van der Waals surface area contributed by atoms with E-state index in [1.807, 2.05) is 0 Å². The Morgan fingerprint density at radius 3 is 2.65 bits per heavy atom. The van der Waals surface area contributed by atoms with E-state index in [1.165, 1.54) is 17.0 Å². The summed E-state index contributed by atoms with van der Waals surface area (Å²) in [6.07, 6.45) is -1.35. The molecule has 0 saturated carbocycles. The number of carboxylic acid groups (broad SMARTS) is 1. The number of aryl methyl sites for hydroxylation is 1. The first kappa shape index (κ1) is 14.1. The fourth-order valence-electron chi connectivity index (χ4n) is 1.92. The standard InChI is InChI=1S/C13H11F3N2O2/c1-2-11-17-5-6-18(11)10-4-3-8(12(19)20)7-9(10)13(14,15)16/h3-7H,2H2,1H3,(H,19,20). The average Bonchev–Trinajstić information content (AvgIpc) is 2.85. The van der Waals surface area contributed by atoms with Crippen LogP contribution in [0.4, 0.5) is 13.2 Å². The summed E-state index contributed by atoms with van der Waals surface area (Å²) in [4.78, 5) is 14.8. The number of imidazole rings is 1. The maximum atomic E-state index is 13.1. The number of rotatable bonds is 3. The summed E-state index contributed by atoms with van der Waals surface area (Å²) in [5, 5.41) is 8.81. The molecule has 0 saturated heterocycles. The SMILES string of the molecule is CCc1nccn1-c1ccc(C(=O)O)cc1C(F)(F)F. The van der Waals surface area contributed by atoms with Crippen LogP contribution in [0.3, 0.4) is 0 Å². The zero-order chi connectivity index (χ0) is 14.9. The van der Waals surface area contributed by atoms with E-state index in [4.69, 9.17) is 5.11 Å². The van der Waals surface area contributed by atoms with E-state index >= 15 is 0 Å². The molecule has 0 radical (unpaired) electrons. The summed E-state index contributed by atoms with van der Waals surface area (Å²) >= 11 is 0. The molecule has 2 rings (SSSR count). The summed E-state index contributed by atoms with van der Waals surface area (Å²) in [6, 6.07) is 2.93. The molecule has 1 aromatic heterocycles. The number of carbonyl (C=O) groups is 1. The molecular weight excluding hydrogens is 273 g/mol. The maximum Gasteiger partial charge on any atom is 0.418 e. The molecule has 4 nitrogen and oxygen atoms in total. The van der Waals surface area contributed by atoms with Crippen LogP contribution in [0.1, 0.15) is 28.7 Å². The fourth-order valence-corrected chi connectivity index (χ4v) is 1.92. The van der Waals surface area contributed by atoms with Gasteiger partial charge >= 0.3 is 12.1 Å². The molecule has 0 spiro atoms. The lowest BCUT2D eigenvalue weighted by Crippen LogP contribution is -2.13. The minimum Gasteiger partial charge on any atom is -0.478 e. The van der Waals surface area contributed by atoms with Crippen LogP contribution >= 0.6 is 0 Å². The summed E-state index contributed by atoms with van der Waals surface area (Å²) < 4.78 is 40.6. The number of hydrogen-bond donors (Lipinski definition) is 1. The molecule has 0 unspecified atom stereocenters. The highest BCUT2D eigenvalue weighted by Gasteiger charge is 2.35. The summed E-state index contributed by atoms with van der Waals surface area (Å²) in [5.74, 6) is -0.929. The highest BCUT2D eigenvalue weighted by Crippen LogP contribution is 2.35. The molecule has 1 N–H and O–H groups in total. The summed E-state index contributed by atoms with van der Waals surface area (Å²) in [7, 11) is 0. The molecule has 0 bridgehead atoms. The second-order valence-electron chi connectivity index (χ2n) is 4.10. The number of benzene rings is 1. The first-order chi connectivity index (χ1) is 9.34. The number of aromatic nitrogens is 2. The Kier molecular flexibility index (Phi) is 3.52. The van der Waals surface area contributed by atoms with Gasteiger partial charge in [0.05, 0.1) is 16.8 Å². The van der Waals surface area contributed by atoms with Crippen molar-refractivity contribution < 1.29 is 23.1 Å². The zero-order valence-electron chi connectivity index (χ0n) is 10.5. The van der Waals surface area contributed by atoms with Gasteiger partial charge in [-0.15, -0.1) is 0 Å². The third-order valence-corrected chi connectivity index (χ3v) is 2.84. The van der Waals surface area contributed by atoms with Gasteiger partial charge in [0, 0.05) is 18.8 Å². The van der Waals surface area contributed by atoms with Crippen molar-refractivity contribution in [3.05, 3.63) is 47.5 Å². The van der Waals surface area contributed by atoms with Gasteiger partial charge in [-0.3, -0.25) is 0 Å². The number of hydrogen-bond acceptors (Lipinski definition) is 2. The molecule has 2 aromatic rings. The van der Waals surface area contributed by atoms with Crippen LogP contribution in [-0.2, 0) is 12.6 Å². The molecule has 0 aliphatic rings. The zero-order valence-corrected chi connectivity index (χ0v) is 10.5. The number of halogens is 3. The molecule has 20 heavy (non-hydrogen) atoms. The Morgan fingerprint density at radius 1 is 1.40 bits per heavy atom. The van der Waals surface area contributed by atoms with Crippen LogP contribution < -0.4 is 0 Å². The van der Waals surface area contributed by atoms with Gasteiger partial charge in [-0.05, 0) is 18.2 Å². The van der Waals surface area contributed by atoms with E-state index < -0.39 is 23.3 Å². The van der Waals surface area contributed by atoms with Gasteiger partial charge in [0.1, 0.15) is 5.82 Å². The lowest BCUT2D eigenvalue weighted by molar-refractivity contribution is -0.137. The van der Waals surface area contributed by atoms with E-state index in [2.05, 4.69) is 4.98 Å². The third-order valence-electron chi connectivity index (χ3n) is 2.84. The fraction of sp³-hybridized carbons (Fsp3) is 0.231. The number of aromatic carboxylic acids is 1. The van der Waals surface area contributed by atoms with Crippen molar-refractivity contribution in [1.29, 1.82) is 0 Å². The quantitative estimate of drug-likeness (QED) is 0.942. The van der Waals surface area contributed by atoms with Gasteiger partial charge in [0.15, 0.2) is 0 Å². The van der Waals surface area contributed by atoms with Crippen molar-refractivity contribution >= 4 is 5.97 Å². The van der Waals surface area contributed by atoms with E-state index in [0.29, 0.717) is 18.3 Å². The molecule has 0 aliphatic heterocycles. The maximum absolute atomic E-state index is 13.1. The Hall–Kier alpha value is -2.31. The predicted octanol–water partition coefficient (Wildman–Crippen LogP) is 3.15. The van der Waals surface area contributed by atoms with E-state index in [0.717, 1.165) is 12.1 Å². The van der Waals surface area contributed by atoms with Crippen molar-refractivity contribution in [3.63, 3.8) is 0 Å². The number of alkyl halides is 3. The van der Waals surface area contributed by atoms with Crippen LogP contribution in [0.5, 0.6) is 0 Å². The Morgan fingerprint density at radius 2 is 2.10 bits per heavy atom. The van der Waals surface area contributed by atoms with Crippen molar-refractivity contribution in [3.8, 4) is 5.69 Å². The van der Waals surface area contributed by atoms with Crippen LogP contribution in [0.25, 0.3) is 5.69 Å². The highest BCUT2D eigenvalue weighted by molar-refractivity contribution is 5.88. The van der Waals surface area contributed by atoms with E-state index in [-0.39, 0.29) is 5.69 Å². The topological polar surface area (TPSA) is 55.1 Å². The van der Waals surface area contributed by atoms with Crippen LogP contribution in [0.15, 0.2) is 30.6 Å². The van der Waals surface area contributed by atoms with E-state index in [9.17, 15) is 18.0 Å². The van der Waals surface area contributed by atoms with Crippen molar-refractivity contribution in [2.75, 3.05) is 0 Å². The molecule has 0 amide bonds. The second-order valence-corrected chi connectivity index (χ2v) is 4.10. The molecule has 7 heteroatoms. The minimum atomic E-state index is -4.64. The van der Waals surface area contributed by atoms with Crippen LogP contribution in [0.2, 0.25) is 0 Å². The number of carboxylic acids is 1. The molecule has 0 atom stereocenters. The van der Waals surface area contributed by atoms with Gasteiger partial charge in [-0.1, -0.05) is 6.92 Å². The normalized spacial score (nSPS) is 11.6. The Bertz CT molecular complexity index is 647. The summed E-state index contributed by atoms with van der Waals surface area (Å²) in [6.45, 7) is 1.78. The molecular formula is C13H11F3N2O2. The van der Waals surface area contributed by atoms with Crippen molar-refractivity contribution in [2.45, 2.75) is 19.5 Å². The van der Waals surface area contributed by atoms with Gasteiger partial charge < -0.3 is 9.67 Å². The van der Waals surface area contributed by atoms with Gasteiger partial charge in [-0.25, -0.2) is 9.78 Å². The third kappa shape index (κ3) is 2.52. The average molecular weight is 284 g/mol. The molecule has 1 heterocycles. The lowest BCUT2D eigenvalue weighted by atomic mass is 10.1. The smallest absolute Gasteiger partial charge is 0.418 e. The van der Waals surface area contributed by atoms with Gasteiger partial charge in [-0.2, -0.15) is 13.2 Å². The largest absolute Gasteiger partial charge is 0.478 e. The lowest BCUT2D eigenvalue weighted by Gasteiger charge is -2.15. The van der Waals surface area contributed by atoms with Crippen molar-refractivity contribution in [1.82, 2.24) is 9.55 Å². The first-order valence-corrected chi connectivity index (χ1v) is 5.81. The Labute approximate surface area is 112 Å². The van der Waals surface area contributed by atoms with Crippen molar-refractivity contribution in [2.24, 2.45) is 0 Å². The van der Waals surface area contributed by atoms with Gasteiger partial charge in [0.2, 0.25) is 0 Å². The predicted molar refractivity (Wildman–Crippen MR) is 64.9 cm³/mol. The second kappa shape index (κ2) is 4.99. The molecule has 0 fully saturated rings. The Balaban J connectivity index is 2.67.